The summed E-state index contributed by atoms with van der Waals surface area (Å²) in [7, 11) is 0. The van der Waals surface area contributed by atoms with Crippen LogP contribution in [0.5, 0.6) is 0 Å². The van der Waals surface area contributed by atoms with Gasteiger partial charge in [0.25, 0.3) is 0 Å². The first-order valence-corrected chi connectivity index (χ1v) is 8.45. The molecule has 0 unspecified atom stereocenters. The lowest BCUT2D eigenvalue weighted by Crippen LogP contribution is -2.55. The Morgan fingerprint density at radius 1 is 1.05 bits per heavy atom. The van der Waals surface area contributed by atoms with Crippen molar-refractivity contribution in [2.75, 3.05) is 26.2 Å². The van der Waals surface area contributed by atoms with Crippen molar-refractivity contribution < 1.29 is 4.79 Å². The number of rotatable bonds is 8. The second kappa shape index (κ2) is 9.04. The van der Waals surface area contributed by atoms with Gasteiger partial charge in [0.15, 0.2) is 0 Å². The van der Waals surface area contributed by atoms with E-state index in [4.69, 9.17) is 5.26 Å². The third kappa shape index (κ3) is 6.05. The van der Waals surface area contributed by atoms with Crippen LogP contribution in [0.2, 0.25) is 0 Å². The van der Waals surface area contributed by atoms with Crippen LogP contribution in [0, 0.1) is 11.3 Å². The van der Waals surface area contributed by atoms with E-state index in [-0.39, 0.29) is 0 Å². The summed E-state index contributed by atoms with van der Waals surface area (Å²) in [5.41, 5.74) is -0.422. The number of amides is 1. The molecule has 21 heavy (non-hydrogen) atoms. The third-order valence-electron chi connectivity index (χ3n) is 4.44. The molecule has 0 aromatic heterocycles. The van der Waals surface area contributed by atoms with E-state index in [1.54, 1.807) is 0 Å². The molecule has 1 aliphatic rings. The van der Waals surface area contributed by atoms with Gasteiger partial charge in [0.1, 0.15) is 5.54 Å². The van der Waals surface area contributed by atoms with Crippen LogP contribution in [-0.2, 0) is 4.79 Å². The van der Waals surface area contributed by atoms with Gasteiger partial charge in [-0.2, -0.15) is 5.26 Å². The highest BCUT2D eigenvalue weighted by Crippen LogP contribution is 2.17. The van der Waals surface area contributed by atoms with Crippen molar-refractivity contribution in [3.05, 3.63) is 0 Å². The molecule has 0 radical (unpaired) electrons. The maximum absolute atomic E-state index is 12.2. The molecule has 120 valence electrons. The van der Waals surface area contributed by atoms with Crippen molar-refractivity contribution in [2.45, 2.75) is 71.3 Å². The van der Waals surface area contributed by atoms with Crippen LogP contribution in [0.3, 0.4) is 0 Å². The lowest BCUT2D eigenvalue weighted by molar-refractivity contribution is -0.133. The molecule has 0 aromatic carbocycles. The zero-order valence-electron chi connectivity index (χ0n) is 14.0. The van der Waals surface area contributed by atoms with Gasteiger partial charge in [-0.25, -0.2) is 0 Å². The molecule has 0 N–H and O–H groups in total. The van der Waals surface area contributed by atoms with Crippen LogP contribution in [0.1, 0.15) is 65.7 Å². The number of nitrogens with zero attached hydrogens (tertiary/aromatic N) is 3. The van der Waals surface area contributed by atoms with Crippen molar-refractivity contribution in [2.24, 2.45) is 0 Å². The minimum absolute atomic E-state index is 0.292. The van der Waals surface area contributed by atoms with E-state index in [0.717, 1.165) is 32.6 Å². The van der Waals surface area contributed by atoms with Crippen molar-refractivity contribution in [3.8, 4) is 6.07 Å². The highest BCUT2D eigenvalue weighted by molar-refractivity contribution is 5.76. The number of carbonyl (C=O) groups excluding carboxylic acids is 1. The SMILES string of the molecule is CCCCCCCCC(=O)N1CCN(C(C)(C)C#N)CC1. The van der Waals surface area contributed by atoms with Crippen molar-refractivity contribution >= 4 is 5.91 Å². The zero-order valence-corrected chi connectivity index (χ0v) is 14.0. The molecule has 1 amide bonds. The lowest BCUT2D eigenvalue weighted by Gasteiger charge is -2.40. The molecule has 1 fully saturated rings. The molecule has 1 saturated heterocycles. The number of piperazine rings is 1. The molecule has 0 atom stereocenters. The van der Waals surface area contributed by atoms with E-state index >= 15 is 0 Å². The van der Waals surface area contributed by atoms with E-state index in [2.05, 4.69) is 17.9 Å². The Hall–Kier alpha value is -1.08. The normalized spacial score (nSPS) is 16.8. The van der Waals surface area contributed by atoms with Crippen LogP contribution in [0.15, 0.2) is 0 Å². The molecule has 0 saturated carbocycles. The maximum atomic E-state index is 12.2. The average Bonchev–Trinajstić information content (AvgIpc) is 2.50. The quantitative estimate of drug-likeness (QED) is 0.646. The van der Waals surface area contributed by atoms with Gasteiger partial charge >= 0.3 is 0 Å². The number of nitriles is 1. The van der Waals surface area contributed by atoms with Gasteiger partial charge in [0.2, 0.25) is 5.91 Å². The Balaban J connectivity index is 2.19. The van der Waals surface area contributed by atoms with Gasteiger partial charge in [-0.3, -0.25) is 9.69 Å². The second-order valence-electron chi connectivity index (χ2n) is 6.56. The summed E-state index contributed by atoms with van der Waals surface area (Å²) in [5, 5.41) is 9.15. The van der Waals surface area contributed by atoms with E-state index < -0.39 is 5.54 Å². The first-order chi connectivity index (χ1) is 10.0. The monoisotopic (exact) mass is 293 g/mol. The van der Waals surface area contributed by atoms with Crippen LogP contribution in [0.4, 0.5) is 0 Å². The summed E-state index contributed by atoms with van der Waals surface area (Å²) in [5.74, 6) is 0.292. The molecule has 0 aromatic rings. The van der Waals surface area contributed by atoms with Crippen molar-refractivity contribution in [1.82, 2.24) is 9.80 Å². The Kier molecular flexibility index (Phi) is 7.74. The van der Waals surface area contributed by atoms with E-state index in [0.29, 0.717) is 12.3 Å². The topological polar surface area (TPSA) is 47.3 Å². The van der Waals surface area contributed by atoms with Gasteiger partial charge in [-0.05, 0) is 20.3 Å². The first kappa shape index (κ1) is 18.0. The summed E-state index contributed by atoms with van der Waals surface area (Å²) >= 11 is 0. The Labute approximate surface area is 130 Å². The Morgan fingerprint density at radius 3 is 2.19 bits per heavy atom. The van der Waals surface area contributed by atoms with Crippen LogP contribution in [-0.4, -0.2) is 47.4 Å². The molecule has 0 bridgehead atoms. The number of carbonyl (C=O) groups is 1. The molecule has 4 nitrogen and oxygen atoms in total. The second-order valence-corrected chi connectivity index (χ2v) is 6.56. The number of hydrogen-bond donors (Lipinski definition) is 0. The molecule has 0 spiro atoms. The van der Waals surface area contributed by atoms with Gasteiger partial charge in [0.05, 0.1) is 6.07 Å². The first-order valence-electron chi connectivity index (χ1n) is 8.45. The van der Waals surface area contributed by atoms with Gasteiger partial charge in [-0.15, -0.1) is 0 Å². The average molecular weight is 293 g/mol. The van der Waals surface area contributed by atoms with Gasteiger partial charge in [-0.1, -0.05) is 39.0 Å². The summed E-state index contributed by atoms with van der Waals surface area (Å²) in [4.78, 5) is 16.3. The molecular formula is C17H31N3O. The fraction of sp³-hybridized carbons (Fsp3) is 0.882. The molecular weight excluding hydrogens is 262 g/mol. The predicted molar refractivity (Wildman–Crippen MR) is 85.8 cm³/mol. The summed E-state index contributed by atoms with van der Waals surface area (Å²) in [6.45, 7) is 9.25. The van der Waals surface area contributed by atoms with E-state index in [1.165, 1.54) is 32.1 Å². The Morgan fingerprint density at radius 2 is 1.62 bits per heavy atom. The highest BCUT2D eigenvalue weighted by atomic mass is 16.2. The van der Waals surface area contributed by atoms with Crippen LogP contribution < -0.4 is 0 Å². The summed E-state index contributed by atoms with van der Waals surface area (Å²) in [6.07, 6.45) is 8.01. The minimum atomic E-state index is -0.422. The Bertz CT molecular complexity index is 352. The molecule has 0 aliphatic carbocycles. The zero-order chi connectivity index (χ0) is 15.7. The number of unbranched alkanes of at least 4 members (excludes halogenated alkanes) is 5. The van der Waals surface area contributed by atoms with Crippen molar-refractivity contribution in [3.63, 3.8) is 0 Å². The summed E-state index contributed by atoms with van der Waals surface area (Å²) < 4.78 is 0. The third-order valence-corrected chi connectivity index (χ3v) is 4.44. The van der Waals surface area contributed by atoms with Gasteiger partial charge in [0, 0.05) is 32.6 Å². The summed E-state index contributed by atoms with van der Waals surface area (Å²) in [6, 6.07) is 2.34. The van der Waals surface area contributed by atoms with Crippen molar-refractivity contribution in [1.29, 1.82) is 5.26 Å². The molecule has 1 heterocycles. The highest BCUT2D eigenvalue weighted by Gasteiger charge is 2.30. The molecule has 1 rings (SSSR count). The van der Waals surface area contributed by atoms with Gasteiger partial charge < -0.3 is 4.90 Å². The van der Waals surface area contributed by atoms with E-state index in [1.807, 2.05) is 18.7 Å². The van der Waals surface area contributed by atoms with E-state index in [9.17, 15) is 4.79 Å². The standard InChI is InChI=1S/C17H31N3O/c1-4-5-6-7-8-9-10-16(21)19-11-13-20(14-12-19)17(2,3)15-18/h4-14H2,1-3H3. The van der Waals surface area contributed by atoms with Crippen LogP contribution in [0.25, 0.3) is 0 Å². The smallest absolute Gasteiger partial charge is 0.222 e. The molecule has 1 aliphatic heterocycles. The largest absolute Gasteiger partial charge is 0.340 e. The molecule has 4 heteroatoms. The minimum Gasteiger partial charge on any atom is -0.340 e. The fourth-order valence-corrected chi connectivity index (χ4v) is 2.80. The fourth-order valence-electron chi connectivity index (χ4n) is 2.80. The van der Waals surface area contributed by atoms with Crippen LogP contribution >= 0.6 is 0 Å². The maximum Gasteiger partial charge on any atom is 0.222 e. The lowest BCUT2D eigenvalue weighted by atomic mass is 10.0. The number of hydrogen-bond acceptors (Lipinski definition) is 3. The predicted octanol–water partition coefficient (Wildman–Crippen LogP) is 3.18.